The number of hydrogen-bond donors (Lipinski definition) is 1. The van der Waals surface area contributed by atoms with Crippen molar-refractivity contribution in [2.75, 3.05) is 5.32 Å². The Kier molecular flexibility index (Phi) is 4.70. The average Bonchev–Trinajstić information content (AvgIpc) is 3.25. The lowest BCUT2D eigenvalue weighted by atomic mass is 9.84. The zero-order valence-electron chi connectivity index (χ0n) is 19.7. The van der Waals surface area contributed by atoms with E-state index in [1.807, 2.05) is 6.07 Å². The van der Waals surface area contributed by atoms with Crippen molar-refractivity contribution in [3.63, 3.8) is 0 Å². The lowest BCUT2D eigenvalue weighted by Gasteiger charge is -2.20. The molecule has 0 amide bonds. The van der Waals surface area contributed by atoms with E-state index in [1.54, 1.807) is 0 Å². The molecule has 34 heavy (non-hydrogen) atoms. The number of hydrogen-bond acceptors (Lipinski definition) is 2. The van der Waals surface area contributed by atoms with Crippen molar-refractivity contribution in [3.05, 3.63) is 109 Å². The van der Waals surface area contributed by atoms with Gasteiger partial charge in [0.15, 0.2) is 5.58 Å². The summed E-state index contributed by atoms with van der Waals surface area (Å²) >= 11 is 0. The van der Waals surface area contributed by atoms with Gasteiger partial charge in [-0.1, -0.05) is 106 Å². The molecule has 0 unspecified atom stereocenters. The number of rotatable bonds is 3. The van der Waals surface area contributed by atoms with E-state index < -0.39 is 0 Å². The maximum Gasteiger partial charge on any atom is 0.158 e. The van der Waals surface area contributed by atoms with E-state index in [0.29, 0.717) is 0 Å². The molecule has 166 valence electrons. The summed E-state index contributed by atoms with van der Waals surface area (Å²) in [5.41, 5.74) is 7.44. The molecule has 0 radical (unpaired) electrons. The number of anilines is 2. The first-order valence-corrected chi connectivity index (χ1v) is 11.8. The van der Waals surface area contributed by atoms with Crippen LogP contribution in [0.4, 0.5) is 11.4 Å². The van der Waals surface area contributed by atoms with Gasteiger partial charge in [-0.3, -0.25) is 0 Å². The van der Waals surface area contributed by atoms with Crippen molar-refractivity contribution in [1.82, 2.24) is 0 Å². The van der Waals surface area contributed by atoms with Gasteiger partial charge in [0.25, 0.3) is 0 Å². The molecule has 1 N–H and O–H groups in total. The normalized spacial score (nSPS) is 12.0. The van der Waals surface area contributed by atoms with Crippen LogP contribution in [0.15, 0.2) is 108 Å². The summed E-state index contributed by atoms with van der Waals surface area (Å²) in [4.78, 5) is 0. The molecule has 0 saturated heterocycles. The third-order valence-electron chi connectivity index (χ3n) is 6.58. The maximum absolute atomic E-state index is 6.70. The van der Waals surface area contributed by atoms with Crippen LogP contribution in [0.2, 0.25) is 0 Å². The van der Waals surface area contributed by atoms with Crippen LogP contribution in [-0.4, -0.2) is 0 Å². The summed E-state index contributed by atoms with van der Waals surface area (Å²) in [5.74, 6) is 0. The monoisotopic (exact) mass is 441 g/mol. The highest BCUT2D eigenvalue weighted by atomic mass is 16.3. The smallest absolute Gasteiger partial charge is 0.158 e. The molecule has 2 heteroatoms. The minimum Gasteiger partial charge on any atom is -0.454 e. The summed E-state index contributed by atoms with van der Waals surface area (Å²) < 4.78 is 6.70. The summed E-state index contributed by atoms with van der Waals surface area (Å²) in [6.45, 7) is 6.75. The topological polar surface area (TPSA) is 25.2 Å². The second kappa shape index (κ2) is 7.78. The molecule has 0 bridgehead atoms. The van der Waals surface area contributed by atoms with E-state index in [4.69, 9.17) is 4.42 Å². The number of nitrogens with one attached hydrogen (secondary N) is 1. The van der Waals surface area contributed by atoms with Crippen LogP contribution >= 0.6 is 0 Å². The molecule has 0 aliphatic heterocycles. The van der Waals surface area contributed by atoms with E-state index in [0.717, 1.165) is 33.5 Å². The molecule has 0 atom stereocenters. The highest BCUT2D eigenvalue weighted by molar-refractivity contribution is 6.21. The van der Waals surface area contributed by atoms with Gasteiger partial charge in [0.2, 0.25) is 0 Å². The highest BCUT2D eigenvalue weighted by Gasteiger charge is 2.24. The van der Waals surface area contributed by atoms with Crippen LogP contribution in [-0.2, 0) is 5.41 Å². The Labute approximate surface area is 199 Å². The standard InChI is InChI=1S/C32H27NO/c1-32(2,3)26-20-22-14-7-8-16-24(22)29-25-17-11-19-28(30(25)34-31(26)29)33-27-18-10-9-15-23(27)21-12-5-4-6-13-21/h4-20,33H,1-3H3. The molecule has 0 fully saturated rings. The van der Waals surface area contributed by atoms with E-state index in [9.17, 15) is 0 Å². The van der Waals surface area contributed by atoms with Gasteiger partial charge in [-0.2, -0.15) is 0 Å². The number of furan rings is 1. The van der Waals surface area contributed by atoms with Gasteiger partial charge in [-0.25, -0.2) is 0 Å². The van der Waals surface area contributed by atoms with Crippen LogP contribution < -0.4 is 5.32 Å². The van der Waals surface area contributed by atoms with Crippen LogP contribution in [0, 0.1) is 0 Å². The Bertz CT molecular complexity index is 1650. The first-order chi connectivity index (χ1) is 16.5. The van der Waals surface area contributed by atoms with Crippen molar-refractivity contribution in [1.29, 1.82) is 0 Å². The quantitative estimate of drug-likeness (QED) is 0.296. The lowest BCUT2D eigenvalue weighted by Crippen LogP contribution is -2.11. The van der Waals surface area contributed by atoms with Gasteiger partial charge in [0, 0.05) is 27.6 Å². The van der Waals surface area contributed by atoms with Crippen molar-refractivity contribution in [3.8, 4) is 11.1 Å². The summed E-state index contributed by atoms with van der Waals surface area (Å²) in [6, 6.07) is 36.2. The Morgan fingerprint density at radius 3 is 2.12 bits per heavy atom. The molecule has 2 nitrogen and oxygen atoms in total. The number of benzene rings is 5. The fourth-order valence-electron chi connectivity index (χ4n) is 4.91. The van der Waals surface area contributed by atoms with E-state index in [1.165, 1.54) is 27.3 Å². The highest BCUT2D eigenvalue weighted by Crippen LogP contribution is 2.43. The van der Waals surface area contributed by atoms with Crippen molar-refractivity contribution in [2.45, 2.75) is 26.2 Å². The number of para-hydroxylation sites is 2. The molecule has 6 aromatic rings. The van der Waals surface area contributed by atoms with Crippen molar-refractivity contribution in [2.24, 2.45) is 0 Å². The lowest BCUT2D eigenvalue weighted by molar-refractivity contribution is 0.574. The van der Waals surface area contributed by atoms with E-state index in [2.05, 4.69) is 123 Å². The second-order valence-electron chi connectivity index (χ2n) is 9.92. The molecule has 1 aromatic heterocycles. The van der Waals surface area contributed by atoms with Crippen LogP contribution in [0.1, 0.15) is 26.3 Å². The summed E-state index contributed by atoms with van der Waals surface area (Å²) in [6.07, 6.45) is 0. The van der Waals surface area contributed by atoms with Crippen molar-refractivity contribution < 1.29 is 4.42 Å². The van der Waals surface area contributed by atoms with E-state index >= 15 is 0 Å². The summed E-state index contributed by atoms with van der Waals surface area (Å²) in [7, 11) is 0. The Morgan fingerprint density at radius 1 is 0.618 bits per heavy atom. The van der Waals surface area contributed by atoms with Gasteiger partial charge in [0.1, 0.15) is 5.58 Å². The molecule has 6 rings (SSSR count). The fourth-order valence-corrected chi connectivity index (χ4v) is 4.91. The maximum atomic E-state index is 6.70. The summed E-state index contributed by atoms with van der Waals surface area (Å²) in [5, 5.41) is 8.49. The molecule has 1 heterocycles. The fraction of sp³-hybridized carbons (Fsp3) is 0.125. The second-order valence-corrected chi connectivity index (χ2v) is 9.92. The molecule has 0 spiro atoms. The Morgan fingerprint density at radius 2 is 1.29 bits per heavy atom. The average molecular weight is 442 g/mol. The molecular weight excluding hydrogens is 414 g/mol. The predicted octanol–water partition coefficient (Wildman–Crippen LogP) is 9.45. The third-order valence-corrected chi connectivity index (χ3v) is 6.58. The van der Waals surface area contributed by atoms with E-state index in [-0.39, 0.29) is 5.41 Å². The van der Waals surface area contributed by atoms with Gasteiger partial charge in [-0.05, 0) is 39.9 Å². The molecular formula is C32H27NO. The molecule has 0 aliphatic rings. The third kappa shape index (κ3) is 3.34. The van der Waals surface area contributed by atoms with Gasteiger partial charge in [0.05, 0.1) is 5.69 Å². The van der Waals surface area contributed by atoms with Crippen molar-refractivity contribution >= 4 is 44.1 Å². The first-order valence-electron chi connectivity index (χ1n) is 11.8. The largest absolute Gasteiger partial charge is 0.454 e. The molecule has 0 aliphatic carbocycles. The first kappa shape index (κ1) is 20.6. The Hall–Kier alpha value is -4.04. The molecule has 5 aromatic carbocycles. The zero-order chi connectivity index (χ0) is 23.3. The minimum absolute atomic E-state index is 0.0380. The van der Waals surface area contributed by atoms with Gasteiger partial charge >= 0.3 is 0 Å². The Balaban J connectivity index is 1.60. The molecule has 0 saturated carbocycles. The zero-order valence-corrected chi connectivity index (χ0v) is 19.7. The predicted molar refractivity (Wildman–Crippen MR) is 145 cm³/mol. The van der Waals surface area contributed by atoms with Crippen LogP contribution in [0.3, 0.4) is 0 Å². The van der Waals surface area contributed by atoms with Crippen LogP contribution in [0.5, 0.6) is 0 Å². The minimum atomic E-state index is -0.0380. The van der Waals surface area contributed by atoms with Gasteiger partial charge in [-0.15, -0.1) is 0 Å². The number of fused-ring (bicyclic) bond motifs is 5. The van der Waals surface area contributed by atoms with Crippen LogP contribution in [0.25, 0.3) is 43.8 Å². The SMILES string of the molecule is CC(C)(C)c1cc2ccccc2c2c1oc1c(Nc3ccccc3-c3ccccc3)cccc12. The van der Waals surface area contributed by atoms with Gasteiger partial charge < -0.3 is 9.73 Å².